The average Bonchev–Trinajstić information content (AvgIpc) is 2.71. The summed E-state index contributed by atoms with van der Waals surface area (Å²) in [5.41, 5.74) is 0.934. The number of benzene rings is 2. The first kappa shape index (κ1) is 22.3. The van der Waals surface area contributed by atoms with Crippen molar-refractivity contribution in [3.05, 3.63) is 54.1 Å². The lowest BCUT2D eigenvalue weighted by Crippen LogP contribution is -2.35. The third-order valence-electron chi connectivity index (χ3n) is 3.89. The highest BCUT2D eigenvalue weighted by Gasteiger charge is 2.22. The van der Waals surface area contributed by atoms with Gasteiger partial charge in [-0.2, -0.15) is 0 Å². The van der Waals surface area contributed by atoms with Crippen LogP contribution in [0.4, 0.5) is 5.69 Å². The maximum Gasteiger partial charge on any atom is 0.340 e. The Balaban J connectivity index is 2.00. The molecule has 0 aliphatic heterocycles. The van der Waals surface area contributed by atoms with Gasteiger partial charge in [-0.15, -0.1) is 11.8 Å². The van der Waals surface area contributed by atoms with Gasteiger partial charge in [0.05, 0.1) is 18.4 Å². The van der Waals surface area contributed by atoms with Gasteiger partial charge in [0.15, 0.2) is 6.10 Å². The van der Waals surface area contributed by atoms with Crippen molar-refractivity contribution in [1.29, 1.82) is 0 Å². The third-order valence-corrected chi connectivity index (χ3v) is 4.97. The standard InChI is InChI=1S/C21H24N2O5S/c1-14(20(25)23(2)3)28-21(26)17-10-5-6-11-18(17)29-13-19(24)22-15-8-7-9-16(12-15)27-4/h5-12,14H,13H2,1-4H3,(H,22,24)/t14-/m1/s1. The molecule has 2 rings (SSSR count). The zero-order valence-corrected chi connectivity index (χ0v) is 17.6. The number of methoxy groups -OCH3 is 1. The van der Waals surface area contributed by atoms with Gasteiger partial charge < -0.3 is 19.7 Å². The first-order chi connectivity index (χ1) is 13.8. The fourth-order valence-corrected chi connectivity index (χ4v) is 3.28. The molecular weight excluding hydrogens is 392 g/mol. The van der Waals surface area contributed by atoms with Crippen molar-refractivity contribution in [2.24, 2.45) is 0 Å². The van der Waals surface area contributed by atoms with E-state index in [-0.39, 0.29) is 17.6 Å². The Morgan fingerprint density at radius 3 is 2.52 bits per heavy atom. The van der Waals surface area contributed by atoms with Gasteiger partial charge in [-0.3, -0.25) is 9.59 Å². The molecule has 2 amide bonds. The fourth-order valence-electron chi connectivity index (χ4n) is 2.44. The highest BCUT2D eigenvalue weighted by molar-refractivity contribution is 8.00. The number of nitrogens with zero attached hydrogens (tertiary/aromatic N) is 1. The molecule has 0 unspecified atom stereocenters. The predicted molar refractivity (Wildman–Crippen MR) is 112 cm³/mol. The predicted octanol–water partition coefficient (Wildman–Crippen LogP) is 3.06. The lowest BCUT2D eigenvalue weighted by atomic mass is 10.2. The van der Waals surface area contributed by atoms with Crippen molar-refractivity contribution in [2.75, 3.05) is 32.3 Å². The van der Waals surface area contributed by atoms with Crippen LogP contribution in [-0.4, -0.2) is 55.7 Å². The summed E-state index contributed by atoms with van der Waals surface area (Å²) in [5, 5.41) is 2.79. The molecule has 0 heterocycles. The van der Waals surface area contributed by atoms with Crippen molar-refractivity contribution in [3.63, 3.8) is 0 Å². The van der Waals surface area contributed by atoms with Gasteiger partial charge in [0.1, 0.15) is 5.75 Å². The summed E-state index contributed by atoms with van der Waals surface area (Å²) in [7, 11) is 4.74. The Hall–Kier alpha value is -3.00. The molecule has 29 heavy (non-hydrogen) atoms. The molecule has 0 radical (unpaired) electrons. The minimum absolute atomic E-state index is 0.105. The SMILES string of the molecule is COc1cccc(NC(=O)CSc2ccccc2C(=O)O[C@H](C)C(=O)N(C)C)c1. The minimum atomic E-state index is -0.896. The lowest BCUT2D eigenvalue weighted by molar-refractivity contribution is -0.137. The van der Waals surface area contributed by atoms with Crippen molar-refractivity contribution >= 4 is 35.2 Å². The smallest absolute Gasteiger partial charge is 0.340 e. The van der Waals surface area contributed by atoms with Gasteiger partial charge in [0, 0.05) is 30.7 Å². The number of amides is 2. The summed E-state index contributed by atoms with van der Waals surface area (Å²) in [6.07, 6.45) is -0.896. The average molecular weight is 416 g/mol. The summed E-state index contributed by atoms with van der Waals surface area (Å²) in [6.45, 7) is 1.53. The van der Waals surface area contributed by atoms with Crippen LogP contribution in [0.2, 0.25) is 0 Å². The van der Waals surface area contributed by atoms with Crippen LogP contribution in [0, 0.1) is 0 Å². The maximum absolute atomic E-state index is 12.5. The van der Waals surface area contributed by atoms with Crippen LogP contribution >= 0.6 is 11.8 Å². The molecule has 0 spiro atoms. The number of thioether (sulfide) groups is 1. The van der Waals surface area contributed by atoms with E-state index in [4.69, 9.17) is 9.47 Å². The Kier molecular flexibility index (Phi) is 8.09. The van der Waals surface area contributed by atoms with Crippen molar-refractivity contribution in [1.82, 2.24) is 4.90 Å². The summed E-state index contributed by atoms with van der Waals surface area (Å²) in [5.74, 6) is -0.383. The largest absolute Gasteiger partial charge is 0.497 e. The molecule has 1 atom stereocenters. The van der Waals surface area contributed by atoms with Gasteiger partial charge >= 0.3 is 5.97 Å². The van der Waals surface area contributed by atoms with Gasteiger partial charge in [-0.25, -0.2) is 4.79 Å². The highest BCUT2D eigenvalue weighted by Crippen LogP contribution is 2.24. The number of likely N-dealkylation sites (N-methyl/N-ethyl adjacent to an activating group) is 1. The molecule has 0 saturated heterocycles. The van der Waals surface area contributed by atoms with E-state index in [0.717, 1.165) is 0 Å². The van der Waals surface area contributed by atoms with Gasteiger partial charge in [0.2, 0.25) is 5.91 Å². The number of carbonyl (C=O) groups is 3. The quantitative estimate of drug-likeness (QED) is 0.526. The summed E-state index contributed by atoms with van der Waals surface area (Å²) < 4.78 is 10.4. The number of carbonyl (C=O) groups excluding carboxylic acids is 3. The second kappa shape index (κ2) is 10.5. The van der Waals surface area contributed by atoms with Crippen LogP contribution in [0.1, 0.15) is 17.3 Å². The lowest BCUT2D eigenvalue weighted by Gasteiger charge is -2.18. The van der Waals surface area contributed by atoms with Crippen LogP contribution in [0.25, 0.3) is 0 Å². The van der Waals surface area contributed by atoms with Crippen LogP contribution in [0.15, 0.2) is 53.4 Å². The van der Waals surface area contributed by atoms with Gasteiger partial charge in [0.25, 0.3) is 5.91 Å². The molecule has 2 aromatic rings. The molecule has 7 nitrogen and oxygen atoms in total. The van der Waals surface area contributed by atoms with Crippen LogP contribution in [0.3, 0.4) is 0 Å². The molecule has 8 heteroatoms. The Morgan fingerprint density at radius 2 is 1.83 bits per heavy atom. The zero-order valence-electron chi connectivity index (χ0n) is 16.8. The van der Waals surface area contributed by atoms with E-state index in [2.05, 4.69) is 5.32 Å². The molecule has 0 fully saturated rings. The number of ether oxygens (including phenoxy) is 2. The van der Waals surface area contributed by atoms with E-state index >= 15 is 0 Å². The highest BCUT2D eigenvalue weighted by atomic mass is 32.2. The van der Waals surface area contributed by atoms with Gasteiger partial charge in [-0.1, -0.05) is 18.2 Å². The van der Waals surface area contributed by atoms with E-state index in [1.54, 1.807) is 69.7 Å². The van der Waals surface area contributed by atoms with Crippen LogP contribution < -0.4 is 10.1 Å². The summed E-state index contributed by atoms with van der Waals surface area (Å²) in [6, 6.07) is 13.9. The third kappa shape index (κ3) is 6.53. The van der Waals surface area contributed by atoms with E-state index in [9.17, 15) is 14.4 Å². The first-order valence-electron chi connectivity index (χ1n) is 8.89. The molecule has 0 aliphatic rings. The van der Waals surface area contributed by atoms with Gasteiger partial charge in [-0.05, 0) is 31.2 Å². The Morgan fingerprint density at radius 1 is 1.10 bits per heavy atom. The first-order valence-corrected chi connectivity index (χ1v) is 9.88. The van der Waals surface area contributed by atoms with Crippen LogP contribution in [-0.2, 0) is 14.3 Å². The zero-order chi connectivity index (χ0) is 21.4. The Bertz CT molecular complexity index is 885. The summed E-state index contributed by atoms with van der Waals surface area (Å²) in [4.78, 5) is 38.6. The molecule has 2 aromatic carbocycles. The van der Waals surface area contributed by atoms with Crippen LogP contribution in [0.5, 0.6) is 5.75 Å². The Labute approximate surface area is 174 Å². The van der Waals surface area contributed by atoms with E-state index in [0.29, 0.717) is 21.9 Å². The van der Waals surface area contributed by atoms with E-state index < -0.39 is 12.1 Å². The normalized spacial score (nSPS) is 11.3. The second-order valence-corrected chi connectivity index (χ2v) is 7.36. The number of esters is 1. The van der Waals surface area contributed by atoms with Crippen molar-refractivity contribution in [2.45, 2.75) is 17.9 Å². The molecule has 0 aromatic heterocycles. The number of nitrogens with one attached hydrogen (secondary N) is 1. The molecule has 0 bridgehead atoms. The van der Waals surface area contributed by atoms with E-state index in [1.807, 2.05) is 0 Å². The summed E-state index contributed by atoms with van der Waals surface area (Å²) >= 11 is 1.21. The number of hydrogen-bond acceptors (Lipinski definition) is 6. The van der Waals surface area contributed by atoms with Crippen molar-refractivity contribution < 1.29 is 23.9 Å². The molecule has 0 saturated carbocycles. The minimum Gasteiger partial charge on any atom is -0.497 e. The van der Waals surface area contributed by atoms with E-state index in [1.165, 1.54) is 23.6 Å². The molecular formula is C21H24N2O5S. The number of anilines is 1. The number of rotatable bonds is 8. The monoisotopic (exact) mass is 416 g/mol. The van der Waals surface area contributed by atoms with Crippen molar-refractivity contribution in [3.8, 4) is 5.75 Å². The molecule has 154 valence electrons. The number of hydrogen-bond donors (Lipinski definition) is 1. The molecule has 1 N–H and O–H groups in total. The topological polar surface area (TPSA) is 84.9 Å². The molecule has 0 aliphatic carbocycles. The fraction of sp³-hybridized carbons (Fsp3) is 0.286. The second-order valence-electron chi connectivity index (χ2n) is 6.35. The maximum atomic E-state index is 12.5.